The zero-order valence-corrected chi connectivity index (χ0v) is 14.5. The fraction of sp³-hybridized carbons (Fsp3) is 0.200. The number of hydrogen-bond acceptors (Lipinski definition) is 6. The number of amides is 1. The monoisotopic (exact) mass is 362 g/mol. The minimum Gasteiger partial charge on any atom is -0.454 e. The third-order valence-corrected chi connectivity index (χ3v) is 4.35. The average Bonchev–Trinajstić information content (AvgIpc) is 3.52. The molecule has 1 aliphatic rings. The molecule has 7 heteroatoms. The van der Waals surface area contributed by atoms with Gasteiger partial charge in [0.05, 0.1) is 11.1 Å². The zero-order valence-electron chi connectivity index (χ0n) is 14.5. The van der Waals surface area contributed by atoms with Crippen molar-refractivity contribution in [1.82, 2.24) is 9.97 Å². The van der Waals surface area contributed by atoms with Crippen molar-refractivity contribution in [3.63, 3.8) is 0 Å². The summed E-state index contributed by atoms with van der Waals surface area (Å²) in [5.74, 6) is 0.348. The van der Waals surface area contributed by atoms with Crippen LogP contribution in [0.4, 0.5) is 11.5 Å². The second-order valence-electron chi connectivity index (χ2n) is 6.46. The molecular weight excluding hydrogens is 344 g/mol. The Morgan fingerprint density at radius 3 is 2.56 bits per heavy atom. The van der Waals surface area contributed by atoms with E-state index >= 15 is 0 Å². The molecule has 1 amide bonds. The minimum atomic E-state index is -0.495. The van der Waals surface area contributed by atoms with Crippen molar-refractivity contribution in [2.45, 2.75) is 19.4 Å². The number of fused-ring (bicyclic) bond motifs is 1. The summed E-state index contributed by atoms with van der Waals surface area (Å²) < 4.78 is 5.28. The molecule has 0 spiro atoms. The summed E-state index contributed by atoms with van der Waals surface area (Å²) in [6, 6.07) is 14.0. The molecule has 0 saturated heterocycles. The lowest BCUT2D eigenvalue weighted by Gasteiger charge is -2.08. The van der Waals surface area contributed by atoms with Crippen molar-refractivity contribution < 1.29 is 14.3 Å². The van der Waals surface area contributed by atoms with E-state index in [1.165, 1.54) is 0 Å². The number of carbonyl (C=O) groups is 2. The van der Waals surface area contributed by atoms with E-state index in [0.29, 0.717) is 28.4 Å². The van der Waals surface area contributed by atoms with Crippen LogP contribution in [0.2, 0.25) is 0 Å². The highest BCUT2D eigenvalue weighted by Gasteiger charge is 2.29. The summed E-state index contributed by atoms with van der Waals surface area (Å²) in [5.41, 5.74) is 7.67. The van der Waals surface area contributed by atoms with Gasteiger partial charge in [-0.05, 0) is 49.2 Å². The van der Waals surface area contributed by atoms with Gasteiger partial charge in [0.1, 0.15) is 5.82 Å². The number of ether oxygens (including phenoxy) is 1. The predicted octanol–water partition coefficient (Wildman–Crippen LogP) is 2.92. The van der Waals surface area contributed by atoms with Crippen molar-refractivity contribution in [3.8, 4) is 0 Å². The molecule has 3 aromatic rings. The summed E-state index contributed by atoms with van der Waals surface area (Å²) in [5, 5.41) is 3.59. The van der Waals surface area contributed by atoms with E-state index in [1.54, 1.807) is 24.3 Å². The van der Waals surface area contributed by atoms with Crippen LogP contribution in [0.3, 0.4) is 0 Å². The molecule has 0 unspecified atom stereocenters. The van der Waals surface area contributed by atoms with Gasteiger partial charge in [-0.2, -0.15) is 0 Å². The highest BCUT2D eigenvalue weighted by atomic mass is 16.5. The summed E-state index contributed by atoms with van der Waals surface area (Å²) in [6.07, 6.45) is 1.88. The van der Waals surface area contributed by atoms with Gasteiger partial charge in [0.15, 0.2) is 12.4 Å². The molecule has 0 radical (unpaired) electrons. The van der Waals surface area contributed by atoms with Gasteiger partial charge in [-0.25, -0.2) is 14.8 Å². The van der Waals surface area contributed by atoms with Gasteiger partial charge in [-0.15, -0.1) is 0 Å². The Morgan fingerprint density at radius 1 is 1.07 bits per heavy atom. The van der Waals surface area contributed by atoms with Crippen LogP contribution in [-0.4, -0.2) is 21.8 Å². The van der Waals surface area contributed by atoms with Crippen molar-refractivity contribution in [1.29, 1.82) is 0 Å². The van der Waals surface area contributed by atoms with Crippen LogP contribution in [0.1, 0.15) is 29.0 Å². The molecule has 1 aliphatic carbocycles. The molecule has 1 fully saturated rings. The number of benzene rings is 2. The molecule has 7 nitrogen and oxygen atoms in total. The lowest BCUT2D eigenvalue weighted by molar-refractivity contribution is -0.117. The Balaban J connectivity index is 1.39. The third-order valence-electron chi connectivity index (χ3n) is 4.35. The van der Waals surface area contributed by atoms with E-state index < -0.39 is 5.97 Å². The highest BCUT2D eigenvalue weighted by molar-refractivity contribution is 5.95. The molecule has 0 bridgehead atoms. The van der Waals surface area contributed by atoms with Gasteiger partial charge in [0.2, 0.25) is 5.91 Å². The third kappa shape index (κ3) is 3.87. The predicted molar refractivity (Wildman–Crippen MR) is 101 cm³/mol. The van der Waals surface area contributed by atoms with Crippen LogP contribution >= 0.6 is 0 Å². The molecule has 2 aromatic carbocycles. The Labute approximate surface area is 155 Å². The van der Waals surface area contributed by atoms with Crippen molar-refractivity contribution in [3.05, 3.63) is 59.9 Å². The van der Waals surface area contributed by atoms with Gasteiger partial charge in [-0.1, -0.05) is 12.1 Å². The van der Waals surface area contributed by atoms with Crippen LogP contribution < -0.4 is 11.1 Å². The maximum Gasteiger partial charge on any atom is 0.338 e. The first-order valence-electron chi connectivity index (χ1n) is 8.69. The summed E-state index contributed by atoms with van der Waals surface area (Å²) in [6.45, 7) is -0.0754. The maximum absolute atomic E-state index is 12.2. The maximum atomic E-state index is 12.2. The number of nitrogens with zero attached hydrogens (tertiary/aromatic N) is 2. The Bertz CT molecular complexity index is 1010. The molecule has 1 heterocycles. The lowest BCUT2D eigenvalue weighted by atomic mass is 10.2. The number of anilines is 2. The second-order valence-corrected chi connectivity index (χ2v) is 6.46. The Hall–Kier alpha value is -3.48. The second kappa shape index (κ2) is 7.03. The first kappa shape index (κ1) is 17.0. The van der Waals surface area contributed by atoms with Crippen LogP contribution in [0, 0.1) is 5.92 Å². The molecule has 3 N–H and O–H groups in total. The van der Waals surface area contributed by atoms with Gasteiger partial charge < -0.3 is 15.8 Å². The molecule has 27 heavy (non-hydrogen) atoms. The van der Waals surface area contributed by atoms with E-state index in [1.807, 2.05) is 24.3 Å². The van der Waals surface area contributed by atoms with E-state index in [-0.39, 0.29) is 18.4 Å². The van der Waals surface area contributed by atoms with Gasteiger partial charge in [-0.3, -0.25) is 4.79 Å². The van der Waals surface area contributed by atoms with Crippen LogP contribution in [0.5, 0.6) is 0 Å². The molecule has 0 aliphatic heterocycles. The van der Waals surface area contributed by atoms with E-state index in [2.05, 4.69) is 15.3 Å². The van der Waals surface area contributed by atoms with Crippen LogP contribution in [-0.2, 0) is 16.1 Å². The number of carbonyl (C=O) groups excluding carboxylic acids is 2. The molecule has 4 rings (SSSR count). The Morgan fingerprint density at radius 2 is 1.81 bits per heavy atom. The minimum absolute atomic E-state index is 0.0244. The fourth-order valence-corrected chi connectivity index (χ4v) is 2.71. The van der Waals surface area contributed by atoms with Crippen LogP contribution in [0.25, 0.3) is 10.9 Å². The number of nitrogen functional groups attached to an aromatic ring is 1. The van der Waals surface area contributed by atoms with E-state index in [4.69, 9.17) is 10.5 Å². The first-order valence-corrected chi connectivity index (χ1v) is 8.69. The lowest BCUT2D eigenvalue weighted by Crippen LogP contribution is -2.13. The molecule has 136 valence electrons. The standard InChI is InChI=1S/C20H18N4O3/c21-18-15-3-1-2-4-16(15)23-17(24-18)11-27-20(26)13-7-9-14(10-8-13)22-19(25)12-5-6-12/h1-4,7-10,12H,5-6,11H2,(H,22,25)(H2,21,23,24). The van der Waals surface area contributed by atoms with E-state index in [9.17, 15) is 9.59 Å². The Kier molecular flexibility index (Phi) is 4.42. The van der Waals surface area contributed by atoms with Crippen molar-refractivity contribution >= 4 is 34.3 Å². The SMILES string of the molecule is Nc1nc(COC(=O)c2ccc(NC(=O)C3CC3)cc2)nc2ccccc12. The molecule has 1 saturated carbocycles. The quantitative estimate of drug-likeness (QED) is 0.676. The number of aromatic nitrogens is 2. The summed E-state index contributed by atoms with van der Waals surface area (Å²) in [4.78, 5) is 32.5. The van der Waals surface area contributed by atoms with Gasteiger partial charge in [0.25, 0.3) is 0 Å². The number of nitrogens with two attached hydrogens (primary N) is 1. The number of nitrogens with one attached hydrogen (secondary N) is 1. The fourth-order valence-electron chi connectivity index (χ4n) is 2.71. The topological polar surface area (TPSA) is 107 Å². The van der Waals surface area contributed by atoms with Gasteiger partial charge >= 0.3 is 5.97 Å². The number of rotatable bonds is 5. The normalized spacial score (nSPS) is 13.3. The largest absolute Gasteiger partial charge is 0.454 e. The number of hydrogen-bond donors (Lipinski definition) is 2. The highest BCUT2D eigenvalue weighted by Crippen LogP contribution is 2.30. The van der Waals surface area contributed by atoms with Crippen molar-refractivity contribution in [2.24, 2.45) is 5.92 Å². The first-order chi connectivity index (χ1) is 13.1. The number of esters is 1. The zero-order chi connectivity index (χ0) is 18.8. The molecule has 1 aromatic heterocycles. The van der Waals surface area contributed by atoms with Gasteiger partial charge in [0, 0.05) is 17.0 Å². The molecular formula is C20H18N4O3. The van der Waals surface area contributed by atoms with E-state index in [0.717, 1.165) is 18.2 Å². The molecule has 0 atom stereocenters. The smallest absolute Gasteiger partial charge is 0.338 e. The number of para-hydroxylation sites is 1. The average molecular weight is 362 g/mol. The van der Waals surface area contributed by atoms with Crippen molar-refractivity contribution in [2.75, 3.05) is 11.1 Å². The summed E-state index contributed by atoms with van der Waals surface area (Å²) in [7, 11) is 0. The van der Waals surface area contributed by atoms with Crippen LogP contribution in [0.15, 0.2) is 48.5 Å². The summed E-state index contributed by atoms with van der Waals surface area (Å²) >= 11 is 0.